The summed E-state index contributed by atoms with van der Waals surface area (Å²) in [7, 11) is 1.64. The zero-order valence-corrected chi connectivity index (χ0v) is 18.7. The molecule has 2 rings (SSSR count). The summed E-state index contributed by atoms with van der Waals surface area (Å²) in [5.74, 6) is 0.273. The van der Waals surface area contributed by atoms with Crippen molar-refractivity contribution in [3.63, 3.8) is 0 Å². The molecule has 1 aromatic carbocycles. The number of ether oxygens (including phenoxy) is 3. The first kappa shape index (κ1) is 22.8. The smallest absolute Gasteiger partial charge is 0.341 e. The lowest BCUT2D eigenvalue weighted by Crippen LogP contribution is -2.23. The number of cyclic esters (lactones) is 1. The SMILES string of the molecule is CCNc1c(C/C=C(\C)CCC(=O)OC(C)(C)C)c(OC)c(C)c2c1C(=O)OC2. The minimum atomic E-state index is -0.473. The van der Waals surface area contributed by atoms with Gasteiger partial charge in [0.2, 0.25) is 0 Å². The van der Waals surface area contributed by atoms with E-state index in [0.29, 0.717) is 31.4 Å². The molecule has 1 heterocycles. The van der Waals surface area contributed by atoms with E-state index < -0.39 is 5.60 Å². The first-order valence-electron chi connectivity index (χ1n) is 10.1. The normalized spacial score (nSPS) is 13.8. The molecule has 1 aliphatic heterocycles. The molecule has 0 aliphatic carbocycles. The molecule has 6 nitrogen and oxygen atoms in total. The molecule has 1 aromatic rings. The van der Waals surface area contributed by atoms with Gasteiger partial charge in [-0.3, -0.25) is 4.79 Å². The molecular weight excluding hydrogens is 370 g/mol. The zero-order chi connectivity index (χ0) is 21.8. The molecule has 0 bridgehead atoms. The minimum absolute atomic E-state index is 0.202. The van der Waals surface area contributed by atoms with Crippen LogP contribution in [-0.2, 0) is 27.3 Å². The summed E-state index contributed by atoms with van der Waals surface area (Å²) in [6.07, 6.45) is 3.63. The van der Waals surface area contributed by atoms with E-state index in [1.54, 1.807) is 7.11 Å². The number of anilines is 1. The van der Waals surface area contributed by atoms with Crippen LogP contribution in [0.15, 0.2) is 11.6 Å². The Morgan fingerprint density at radius 3 is 2.55 bits per heavy atom. The molecule has 0 spiro atoms. The number of hydrogen-bond donors (Lipinski definition) is 1. The lowest BCUT2D eigenvalue weighted by Gasteiger charge is -2.20. The quantitative estimate of drug-likeness (QED) is 0.500. The fourth-order valence-electron chi connectivity index (χ4n) is 3.49. The molecule has 0 saturated carbocycles. The number of fused-ring (bicyclic) bond motifs is 1. The number of nitrogens with one attached hydrogen (secondary N) is 1. The fraction of sp³-hybridized carbons (Fsp3) is 0.565. The third-order valence-corrected chi connectivity index (χ3v) is 4.83. The number of carbonyl (C=O) groups is 2. The fourth-order valence-corrected chi connectivity index (χ4v) is 3.49. The third-order valence-electron chi connectivity index (χ3n) is 4.83. The van der Waals surface area contributed by atoms with Gasteiger partial charge in [0, 0.05) is 24.1 Å². The molecule has 0 unspecified atom stereocenters. The summed E-state index contributed by atoms with van der Waals surface area (Å²) in [6.45, 7) is 12.5. The van der Waals surface area contributed by atoms with E-state index in [-0.39, 0.29) is 18.5 Å². The summed E-state index contributed by atoms with van der Waals surface area (Å²) in [6, 6.07) is 0. The summed E-state index contributed by atoms with van der Waals surface area (Å²) < 4.78 is 16.3. The molecule has 160 valence electrons. The Hall–Kier alpha value is -2.50. The number of hydrogen-bond acceptors (Lipinski definition) is 6. The highest BCUT2D eigenvalue weighted by molar-refractivity contribution is 6.01. The van der Waals surface area contributed by atoms with Crippen LogP contribution in [0.4, 0.5) is 5.69 Å². The zero-order valence-electron chi connectivity index (χ0n) is 18.7. The van der Waals surface area contributed by atoms with Crippen LogP contribution in [0.1, 0.15) is 74.5 Å². The van der Waals surface area contributed by atoms with Crippen molar-refractivity contribution in [2.45, 2.75) is 73.0 Å². The summed E-state index contributed by atoms with van der Waals surface area (Å²) in [5, 5.41) is 3.32. The Labute approximate surface area is 173 Å². The average molecular weight is 404 g/mol. The maximum atomic E-state index is 12.3. The number of methoxy groups -OCH3 is 1. The molecule has 1 aliphatic rings. The van der Waals surface area contributed by atoms with Crippen molar-refractivity contribution in [1.82, 2.24) is 0 Å². The van der Waals surface area contributed by atoms with Gasteiger partial charge >= 0.3 is 11.9 Å². The first-order chi connectivity index (χ1) is 13.6. The first-order valence-corrected chi connectivity index (χ1v) is 10.1. The Bertz CT molecular complexity index is 818. The number of rotatable bonds is 8. The van der Waals surface area contributed by atoms with Crippen molar-refractivity contribution in [2.75, 3.05) is 19.0 Å². The molecule has 6 heteroatoms. The van der Waals surface area contributed by atoms with Gasteiger partial charge in [0.25, 0.3) is 0 Å². The predicted octanol–water partition coefficient (Wildman–Crippen LogP) is 4.72. The lowest BCUT2D eigenvalue weighted by atomic mass is 9.93. The second kappa shape index (κ2) is 9.33. The molecule has 29 heavy (non-hydrogen) atoms. The van der Waals surface area contributed by atoms with Crippen LogP contribution in [0.25, 0.3) is 0 Å². The summed E-state index contributed by atoms with van der Waals surface area (Å²) in [5.41, 5.74) is 4.76. The van der Waals surface area contributed by atoms with E-state index in [0.717, 1.165) is 33.7 Å². The number of carbonyl (C=O) groups excluding carboxylic acids is 2. The topological polar surface area (TPSA) is 73.9 Å². The van der Waals surface area contributed by atoms with Crippen molar-refractivity contribution in [3.05, 3.63) is 33.9 Å². The monoisotopic (exact) mass is 403 g/mol. The minimum Gasteiger partial charge on any atom is -0.496 e. The van der Waals surface area contributed by atoms with E-state index in [4.69, 9.17) is 14.2 Å². The summed E-state index contributed by atoms with van der Waals surface area (Å²) >= 11 is 0. The molecule has 0 radical (unpaired) electrons. The molecule has 0 fully saturated rings. The van der Waals surface area contributed by atoms with Gasteiger partial charge in [-0.1, -0.05) is 11.6 Å². The standard InChI is InChI=1S/C23H33NO5/c1-8-24-20-16(11-9-14(2)10-12-18(25)29-23(4,5)6)21(27-7)15(3)17-13-28-22(26)19(17)20/h9,24H,8,10-13H2,1-7H3/b14-9+. The van der Waals surface area contributed by atoms with Crippen molar-refractivity contribution in [2.24, 2.45) is 0 Å². The largest absolute Gasteiger partial charge is 0.496 e. The van der Waals surface area contributed by atoms with Crippen LogP contribution in [0.2, 0.25) is 0 Å². The maximum absolute atomic E-state index is 12.3. The van der Waals surface area contributed by atoms with Gasteiger partial charge in [0.1, 0.15) is 18.0 Å². The Balaban J connectivity index is 2.26. The van der Waals surface area contributed by atoms with Gasteiger partial charge in [0.05, 0.1) is 18.4 Å². The van der Waals surface area contributed by atoms with Crippen LogP contribution in [-0.4, -0.2) is 31.2 Å². The van der Waals surface area contributed by atoms with E-state index in [9.17, 15) is 9.59 Å². The van der Waals surface area contributed by atoms with Crippen LogP contribution < -0.4 is 10.1 Å². The molecule has 0 atom stereocenters. The van der Waals surface area contributed by atoms with Gasteiger partial charge in [0.15, 0.2) is 0 Å². The Morgan fingerprint density at radius 1 is 1.28 bits per heavy atom. The van der Waals surface area contributed by atoms with E-state index in [2.05, 4.69) is 11.4 Å². The molecular formula is C23H33NO5. The summed E-state index contributed by atoms with van der Waals surface area (Å²) in [4.78, 5) is 24.3. The Kier molecular flexibility index (Phi) is 7.33. The predicted molar refractivity (Wildman–Crippen MR) is 114 cm³/mol. The van der Waals surface area contributed by atoms with Crippen molar-refractivity contribution >= 4 is 17.6 Å². The average Bonchev–Trinajstić information content (AvgIpc) is 3.01. The molecule has 0 saturated heterocycles. The van der Waals surface area contributed by atoms with Gasteiger partial charge in [-0.15, -0.1) is 0 Å². The van der Waals surface area contributed by atoms with E-state index >= 15 is 0 Å². The van der Waals surface area contributed by atoms with Crippen molar-refractivity contribution in [3.8, 4) is 5.75 Å². The second-order valence-electron chi connectivity index (χ2n) is 8.31. The molecule has 0 aromatic heterocycles. The van der Waals surface area contributed by atoms with Crippen LogP contribution in [0.5, 0.6) is 5.75 Å². The van der Waals surface area contributed by atoms with Gasteiger partial charge < -0.3 is 19.5 Å². The Morgan fingerprint density at radius 2 is 1.97 bits per heavy atom. The third kappa shape index (κ3) is 5.52. The molecule has 0 amide bonds. The number of allylic oxidation sites excluding steroid dienone is 2. The van der Waals surface area contributed by atoms with Crippen LogP contribution in [0.3, 0.4) is 0 Å². The van der Waals surface area contributed by atoms with Gasteiger partial charge in [-0.05, 0) is 59.9 Å². The highest BCUT2D eigenvalue weighted by atomic mass is 16.6. The lowest BCUT2D eigenvalue weighted by molar-refractivity contribution is -0.154. The number of esters is 2. The van der Waals surface area contributed by atoms with E-state index in [1.165, 1.54) is 0 Å². The maximum Gasteiger partial charge on any atom is 0.341 e. The molecule has 1 N–H and O–H groups in total. The van der Waals surface area contributed by atoms with Crippen molar-refractivity contribution < 1.29 is 23.8 Å². The van der Waals surface area contributed by atoms with Crippen LogP contribution >= 0.6 is 0 Å². The van der Waals surface area contributed by atoms with E-state index in [1.807, 2.05) is 41.5 Å². The van der Waals surface area contributed by atoms with Crippen LogP contribution in [0, 0.1) is 6.92 Å². The van der Waals surface area contributed by atoms with Gasteiger partial charge in [-0.25, -0.2) is 4.79 Å². The number of benzene rings is 1. The highest BCUT2D eigenvalue weighted by Crippen LogP contribution is 2.41. The van der Waals surface area contributed by atoms with Crippen molar-refractivity contribution in [1.29, 1.82) is 0 Å². The second-order valence-corrected chi connectivity index (χ2v) is 8.31. The van der Waals surface area contributed by atoms with Gasteiger partial charge in [-0.2, -0.15) is 0 Å². The highest BCUT2D eigenvalue weighted by Gasteiger charge is 2.31.